The Morgan fingerprint density at radius 3 is 2.68 bits per heavy atom. The second-order valence-electron chi connectivity index (χ2n) is 6.97. The number of ether oxygens (including phenoxy) is 1. The lowest BCUT2D eigenvalue weighted by molar-refractivity contribution is 0.0601. The van der Waals surface area contributed by atoms with Gasteiger partial charge in [0.1, 0.15) is 10.7 Å². The van der Waals surface area contributed by atoms with Crippen LogP contribution in [-0.4, -0.2) is 23.0 Å². The van der Waals surface area contributed by atoms with Crippen LogP contribution >= 0.6 is 11.3 Å². The summed E-state index contributed by atoms with van der Waals surface area (Å²) in [6, 6.07) is 6.97. The zero-order valence-electron chi connectivity index (χ0n) is 16.6. The highest BCUT2D eigenvalue weighted by Gasteiger charge is 2.16. The molecule has 3 aromatic rings. The van der Waals surface area contributed by atoms with Crippen LogP contribution < -0.4 is 10.9 Å². The number of thiophene rings is 1. The number of benzene rings is 1. The highest BCUT2D eigenvalue weighted by molar-refractivity contribution is 7.18. The van der Waals surface area contributed by atoms with E-state index in [0.29, 0.717) is 23.9 Å². The molecule has 28 heavy (non-hydrogen) atoms. The average molecular weight is 400 g/mol. The first-order chi connectivity index (χ1) is 13.4. The van der Waals surface area contributed by atoms with Crippen LogP contribution in [0, 0.1) is 12.8 Å². The predicted octanol–water partition coefficient (Wildman–Crippen LogP) is 4.28. The summed E-state index contributed by atoms with van der Waals surface area (Å²) in [5.41, 5.74) is 2.37. The number of aromatic amines is 1. The minimum atomic E-state index is -0.371. The van der Waals surface area contributed by atoms with E-state index in [2.05, 4.69) is 36.1 Å². The van der Waals surface area contributed by atoms with Crippen LogP contribution in [-0.2, 0) is 17.7 Å². The van der Waals surface area contributed by atoms with E-state index in [0.717, 1.165) is 39.2 Å². The number of nitrogens with zero attached hydrogens (tertiary/aromatic N) is 1. The van der Waals surface area contributed by atoms with Gasteiger partial charge in [-0.25, -0.2) is 9.78 Å². The van der Waals surface area contributed by atoms with Crippen LogP contribution in [0.2, 0.25) is 0 Å². The Morgan fingerprint density at radius 2 is 2.04 bits per heavy atom. The van der Waals surface area contributed by atoms with E-state index < -0.39 is 0 Å². The predicted molar refractivity (Wildman–Crippen MR) is 113 cm³/mol. The monoisotopic (exact) mass is 399 g/mol. The van der Waals surface area contributed by atoms with Gasteiger partial charge < -0.3 is 15.0 Å². The molecule has 0 bridgehead atoms. The molecule has 1 aromatic carbocycles. The van der Waals surface area contributed by atoms with E-state index in [4.69, 9.17) is 4.74 Å². The van der Waals surface area contributed by atoms with E-state index in [1.54, 1.807) is 35.6 Å². The summed E-state index contributed by atoms with van der Waals surface area (Å²) >= 11 is 1.58. The molecule has 3 rings (SSSR count). The van der Waals surface area contributed by atoms with Crippen LogP contribution in [0.25, 0.3) is 10.2 Å². The lowest BCUT2D eigenvalue weighted by Crippen LogP contribution is -2.15. The first-order valence-corrected chi connectivity index (χ1v) is 10.2. The minimum Gasteiger partial charge on any atom is -0.465 e. The molecule has 7 heteroatoms. The smallest absolute Gasteiger partial charge is 0.337 e. The normalized spacial score (nSPS) is 12.1. The molecular formula is C21H25N3O3S. The number of carbonyl (C=O) groups is 1. The van der Waals surface area contributed by atoms with Gasteiger partial charge in [-0.15, -0.1) is 11.3 Å². The number of anilines is 1. The van der Waals surface area contributed by atoms with Gasteiger partial charge in [-0.3, -0.25) is 4.79 Å². The van der Waals surface area contributed by atoms with Crippen molar-refractivity contribution in [2.75, 3.05) is 12.4 Å². The Balaban J connectivity index is 1.79. The molecule has 6 nitrogen and oxygen atoms in total. The zero-order valence-corrected chi connectivity index (χ0v) is 17.4. The topological polar surface area (TPSA) is 84.1 Å². The molecule has 2 aromatic heterocycles. The molecular weight excluding hydrogens is 374 g/mol. The van der Waals surface area contributed by atoms with Crippen molar-refractivity contribution in [2.24, 2.45) is 5.92 Å². The number of rotatable bonds is 7. The van der Waals surface area contributed by atoms with E-state index >= 15 is 0 Å². The summed E-state index contributed by atoms with van der Waals surface area (Å²) in [4.78, 5) is 33.7. The molecule has 0 aliphatic carbocycles. The summed E-state index contributed by atoms with van der Waals surface area (Å²) in [5.74, 6) is 0.750. The molecule has 2 N–H and O–H groups in total. The Hall–Kier alpha value is -2.67. The fourth-order valence-corrected chi connectivity index (χ4v) is 4.14. The lowest BCUT2D eigenvalue weighted by Gasteiger charge is -2.09. The van der Waals surface area contributed by atoms with Gasteiger partial charge in [-0.2, -0.15) is 0 Å². The highest BCUT2D eigenvalue weighted by Crippen LogP contribution is 2.29. The Morgan fingerprint density at radius 1 is 1.32 bits per heavy atom. The molecule has 0 radical (unpaired) electrons. The number of nitrogens with one attached hydrogen (secondary N) is 2. The van der Waals surface area contributed by atoms with E-state index in [1.165, 1.54) is 7.11 Å². The van der Waals surface area contributed by atoms with Gasteiger partial charge in [0, 0.05) is 10.6 Å². The van der Waals surface area contributed by atoms with Crippen molar-refractivity contribution in [1.82, 2.24) is 9.97 Å². The largest absolute Gasteiger partial charge is 0.465 e. The second-order valence-corrected chi connectivity index (χ2v) is 8.17. The minimum absolute atomic E-state index is 0.0782. The van der Waals surface area contributed by atoms with E-state index in [1.807, 2.05) is 0 Å². The third-order valence-corrected chi connectivity index (χ3v) is 5.97. The molecule has 0 aliphatic heterocycles. The average Bonchev–Trinajstić information content (AvgIpc) is 3.01. The molecule has 2 heterocycles. The lowest BCUT2D eigenvalue weighted by atomic mass is 9.98. The maximum absolute atomic E-state index is 12.7. The van der Waals surface area contributed by atoms with E-state index in [9.17, 15) is 9.59 Å². The van der Waals surface area contributed by atoms with Crippen molar-refractivity contribution in [3.8, 4) is 0 Å². The van der Waals surface area contributed by atoms with Gasteiger partial charge in [-0.05, 0) is 49.1 Å². The number of methoxy groups -OCH3 is 1. The van der Waals surface area contributed by atoms with Gasteiger partial charge in [0.05, 0.1) is 24.6 Å². The Labute approximate surface area is 168 Å². The van der Waals surface area contributed by atoms with Gasteiger partial charge in [0.25, 0.3) is 5.56 Å². The zero-order chi connectivity index (χ0) is 20.3. The Kier molecular flexibility index (Phi) is 6.14. The third-order valence-electron chi connectivity index (χ3n) is 4.93. The molecule has 0 fully saturated rings. The van der Waals surface area contributed by atoms with Crippen LogP contribution in [0.1, 0.15) is 46.9 Å². The fourth-order valence-electron chi connectivity index (χ4n) is 3.07. The molecule has 0 aliphatic rings. The van der Waals surface area contributed by atoms with Crippen LogP contribution in [0.4, 0.5) is 5.69 Å². The summed E-state index contributed by atoms with van der Waals surface area (Å²) in [6.45, 7) is 6.82. The summed E-state index contributed by atoms with van der Waals surface area (Å²) in [7, 11) is 1.35. The number of carbonyl (C=O) groups excluding carboxylic acids is 1. The van der Waals surface area contributed by atoms with Crippen LogP contribution in [0.15, 0.2) is 29.1 Å². The number of hydrogen-bond donors (Lipinski definition) is 2. The maximum Gasteiger partial charge on any atom is 0.337 e. The first kappa shape index (κ1) is 20.1. The summed E-state index contributed by atoms with van der Waals surface area (Å²) < 4.78 is 4.69. The molecule has 0 unspecified atom stereocenters. The maximum atomic E-state index is 12.7. The van der Waals surface area contributed by atoms with E-state index in [-0.39, 0.29) is 11.5 Å². The van der Waals surface area contributed by atoms with Crippen molar-refractivity contribution < 1.29 is 9.53 Å². The summed E-state index contributed by atoms with van der Waals surface area (Å²) in [5, 5.41) is 3.95. The Bertz CT molecular complexity index is 1040. The highest BCUT2D eigenvalue weighted by atomic mass is 32.1. The molecule has 1 atom stereocenters. The SMILES string of the molecule is CC[C@H](C)Cc1c(C)sc2nc(CNc3ccc(C(=O)OC)cc3)[nH]c(=O)c12. The summed E-state index contributed by atoms with van der Waals surface area (Å²) in [6.07, 6.45) is 1.98. The van der Waals surface area contributed by atoms with Crippen molar-refractivity contribution in [3.05, 3.63) is 56.4 Å². The number of aryl methyl sites for hydroxylation is 1. The second kappa shape index (κ2) is 8.56. The van der Waals surface area contributed by atoms with Gasteiger partial charge in [-0.1, -0.05) is 20.3 Å². The first-order valence-electron chi connectivity index (χ1n) is 9.36. The number of fused-ring (bicyclic) bond motifs is 1. The van der Waals surface area contributed by atoms with Crippen molar-refractivity contribution in [2.45, 2.75) is 40.2 Å². The fraction of sp³-hybridized carbons (Fsp3) is 0.381. The van der Waals surface area contributed by atoms with Crippen molar-refractivity contribution in [1.29, 1.82) is 0 Å². The standard InChI is InChI=1S/C21H25N3O3S/c1-5-12(2)10-16-13(3)28-20-18(16)19(25)23-17(24-20)11-22-15-8-6-14(7-9-15)21(26)27-4/h6-9,12,22H,5,10-11H2,1-4H3,(H,23,24,25)/t12-/m0/s1. The number of aromatic nitrogens is 2. The molecule has 0 saturated carbocycles. The number of hydrogen-bond acceptors (Lipinski definition) is 6. The third kappa shape index (κ3) is 4.25. The van der Waals surface area contributed by atoms with Gasteiger partial charge in [0.2, 0.25) is 0 Å². The molecule has 0 amide bonds. The molecule has 0 saturated heterocycles. The van der Waals surface area contributed by atoms with Gasteiger partial charge >= 0.3 is 5.97 Å². The van der Waals surface area contributed by atoms with Crippen LogP contribution in [0.3, 0.4) is 0 Å². The number of esters is 1. The van der Waals surface area contributed by atoms with Crippen molar-refractivity contribution >= 4 is 33.2 Å². The van der Waals surface area contributed by atoms with Crippen LogP contribution in [0.5, 0.6) is 0 Å². The quantitative estimate of drug-likeness (QED) is 0.579. The molecule has 0 spiro atoms. The van der Waals surface area contributed by atoms with Gasteiger partial charge in [0.15, 0.2) is 0 Å². The number of H-pyrrole nitrogens is 1. The molecule has 148 valence electrons. The van der Waals surface area contributed by atoms with Crippen molar-refractivity contribution in [3.63, 3.8) is 0 Å².